The Morgan fingerprint density at radius 1 is 0.427 bits per heavy atom. The number of fused-ring (bicyclic) bond motifs is 1. The van der Waals surface area contributed by atoms with Crippen LogP contribution in [0.3, 0.4) is 0 Å². The number of hydrogen-bond acceptors (Lipinski definition) is 13. The number of hydrogen-bond donors (Lipinski definition) is 4. The largest absolute Gasteiger partial charge is 0.508 e. The minimum Gasteiger partial charge on any atom is -0.466 e. The molecule has 0 aromatic carbocycles. The lowest BCUT2D eigenvalue weighted by Gasteiger charge is -2.27. The van der Waals surface area contributed by atoms with Crippen molar-refractivity contribution in [1.82, 2.24) is 9.80 Å². The van der Waals surface area contributed by atoms with Gasteiger partial charge in [0.15, 0.2) is 6.10 Å². The van der Waals surface area contributed by atoms with E-state index in [4.69, 9.17) is 23.7 Å². The van der Waals surface area contributed by atoms with Crippen molar-refractivity contribution in [3.63, 3.8) is 0 Å². The van der Waals surface area contributed by atoms with E-state index in [2.05, 4.69) is 51.3 Å². The number of ether oxygens (including phenoxy) is 5. The van der Waals surface area contributed by atoms with Gasteiger partial charge in [-0.1, -0.05) is 253 Å². The smallest absolute Gasteiger partial charge is 0.466 e. The molecule has 0 spiro atoms. The van der Waals surface area contributed by atoms with E-state index in [1.54, 1.807) is 0 Å². The van der Waals surface area contributed by atoms with Crippen LogP contribution in [-0.4, -0.2) is 151 Å². The summed E-state index contributed by atoms with van der Waals surface area (Å²) in [6.07, 6.45) is 45.4. The lowest BCUT2D eigenvalue weighted by atomic mass is 9.87. The van der Waals surface area contributed by atoms with Crippen LogP contribution >= 0.6 is 0 Å². The number of carbonyl (C=O) groups excluding carboxylic acids is 2. The molecule has 13 nitrogen and oxygen atoms in total. The molecule has 2 rings (SSSR count). The molecule has 2 aliphatic rings. The molecule has 488 valence electrons. The first-order valence-corrected chi connectivity index (χ1v) is 35.2. The van der Waals surface area contributed by atoms with E-state index < -0.39 is 12.3 Å². The number of aliphatic hydroxyl groups is 4. The third-order valence-electron chi connectivity index (χ3n) is 17.4. The van der Waals surface area contributed by atoms with Crippen molar-refractivity contribution >= 4 is 12.1 Å². The van der Waals surface area contributed by atoms with Gasteiger partial charge in [0.25, 0.3) is 0 Å². The number of aliphatic hydroxyl groups excluding tert-OH is 4. The topological polar surface area (TPSA) is 168 Å². The van der Waals surface area contributed by atoms with Crippen LogP contribution in [0.25, 0.3) is 0 Å². The summed E-state index contributed by atoms with van der Waals surface area (Å²) in [5.74, 6) is 0.617. The van der Waals surface area contributed by atoms with Crippen molar-refractivity contribution in [3.05, 3.63) is 0 Å². The van der Waals surface area contributed by atoms with E-state index in [9.17, 15) is 30.0 Å². The number of unbranched alkanes of at least 4 members (excludes halogenated alkanes) is 30. The molecule has 2 heterocycles. The summed E-state index contributed by atoms with van der Waals surface area (Å²) < 4.78 is 28.0. The normalized spacial score (nSPS) is 18.7. The molecular formula is C69H136N2O11. The van der Waals surface area contributed by atoms with Gasteiger partial charge < -0.3 is 44.1 Å². The zero-order valence-electron chi connectivity index (χ0n) is 54.8. The first kappa shape index (κ1) is 78.4. The molecule has 0 saturated carbocycles. The Kier molecular flexibility index (Phi) is 53.5. The van der Waals surface area contributed by atoms with Crippen LogP contribution in [0.15, 0.2) is 0 Å². The highest BCUT2D eigenvalue weighted by atomic mass is 16.7. The summed E-state index contributed by atoms with van der Waals surface area (Å²) in [5, 5.41) is 42.9. The second-order valence-electron chi connectivity index (χ2n) is 25.3. The van der Waals surface area contributed by atoms with Crippen molar-refractivity contribution in [1.29, 1.82) is 0 Å². The molecule has 2 aliphatic heterocycles. The van der Waals surface area contributed by atoms with Crippen molar-refractivity contribution in [2.75, 3.05) is 65.7 Å². The highest BCUT2D eigenvalue weighted by Crippen LogP contribution is 2.37. The predicted molar refractivity (Wildman–Crippen MR) is 340 cm³/mol. The van der Waals surface area contributed by atoms with Crippen LogP contribution in [0.2, 0.25) is 0 Å². The highest BCUT2D eigenvalue weighted by Gasteiger charge is 2.50. The highest BCUT2D eigenvalue weighted by molar-refractivity contribution is 5.65. The summed E-state index contributed by atoms with van der Waals surface area (Å²) in [6, 6.07) is 0. The van der Waals surface area contributed by atoms with Gasteiger partial charge >= 0.3 is 12.1 Å². The molecular weight excluding hydrogens is 1030 g/mol. The molecule has 2 fully saturated rings. The zero-order valence-corrected chi connectivity index (χ0v) is 54.8. The summed E-state index contributed by atoms with van der Waals surface area (Å²) in [6.45, 7) is 20.6. The van der Waals surface area contributed by atoms with Gasteiger partial charge in [-0.2, -0.15) is 0 Å². The van der Waals surface area contributed by atoms with Crippen LogP contribution in [0.5, 0.6) is 0 Å². The first-order chi connectivity index (χ1) is 39.9. The number of rotatable bonds is 57. The monoisotopic (exact) mass is 1170 g/mol. The van der Waals surface area contributed by atoms with Crippen molar-refractivity contribution in [3.8, 4) is 0 Å². The fourth-order valence-electron chi connectivity index (χ4n) is 11.9. The molecule has 0 aliphatic carbocycles. The van der Waals surface area contributed by atoms with Gasteiger partial charge in [0.05, 0.1) is 56.9 Å². The van der Waals surface area contributed by atoms with Gasteiger partial charge in [-0.25, -0.2) is 4.79 Å². The summed E-state index contributed by atoms with van der Waals surface area (Å²) in [5.41, 5.74) is 0. The van der Waals surface area contributed by atoms with Gasteiger partial charge in [0.2, 0.25) is 0 Å². The van der Waals surface area contributed by atoms with Gasteiger partial charge in [-0.05, 0) is 70.4 Å². The molecule has 2 saturated heterocycles. The molecule has 0 radical (unpaired) electrons. The van der Waals surface area contributed by atoms with E-state index >= 15 is 0 Å². The third-order valence-corrected chi connectivity index (χ3v) is 17.4. The minimum atomic E-state index is -0.659. The lowest BCUT2D eigenvalue weighted by molar-refractivity contribution is -0.141. The van der Waals surface area contributed by atoms with E-state index in [1.165, 1.54) is 187 Å². The van der Waals surface area contributed by atoms with E-state index in [0.717, 1.165) is 90.1 Å². The Labute approximate surface area is 505 Å². The lowest BCUT2D eigenvalue weighted by Crippen LogP contribution is -2.38. The zero-order chi connectivity index (χ0) is 60.1. The van der Waals surface area contributed by atoms with E-state index in [1.807, 2.05) is 0 Å². The Morgan fingerprint density at radius 2 is 0.744 bits per heavy atom. The van der Waals surface area contributed by atoms with E-state index in [0.29, 0.717) is 64.3 Å². The second-order valence-corrected chi connectivity index (χ2v) is 25.3. The molecule has 82 heavy (non-hydrogen) atoms. The SMILES string of the molecule is CCCCCCCCCCC(O)CN(CCCCOC(=O)OC1COC2C(C(C)CC)COC12)CC(O)CCCCCCCCCC.CCCCCCCCCCC(O)CN(CCCCOC(C)=O)CC(O)CCCCCCCCCC. The Bertz CT molecular complexity index is 1340. The van der Waals surface area contributed by atoms with Gasteiger partial charge in [-0.15, -0.1) is 0 Å². The van der Waals surface area contributed by atoms with Gasteiger partial charge in [0.1, 0.15) is 6.10 Å². The fraction of sp³-hybridized carbons (Fsp3) is 0.971. The first-order valence-electron chi connectivity index (χ1n) is 35.2. The van der Waals surface area contributed by atoms with Crippen molar-refractivity contribution in [2.24, 2.45) is 11.8 Å². The minimum absolute atomic E-state index is 0.00877. The molecule has 0 bridgehead atoms. The maximum absolute atomic E-state index is 12.4. The van der Waals surface area contributed by atoms with E-state index in [-0.39, 0.29) is 49.2 Å². The third kappa shape index (κ3) is 44.8. The molecule has 0 aromatic rings. The molecule has 13 heteroatoms. The molecule has 9 unspecified atom stereocenters. The second kappa shape index (κ2) is 56.0. The Morgan fingerprint density at radius 3 is 1.07 bits per heavy atom. The number of esters is 1. The summed E-state index contributed by atoms with van der Waals surface area (Å²) >= 11 is 0. The maximum atomic E-state index is 12.4. The van der Waals surface area contributed by atoms with Gasteiger partial charge in [-0.3, -0.25) is 14.6 Å². The molecule has 9 atom stereocenters. The molecule has 0 amide bonds. The Balaban J connectivity index is 0.000000859. The van der Waals surface area contributed by atoms with Crippen LogP contribution in [0, 0.1) is 11.8 Å². The standard InChI is InChI=1S/C39H75NO7.C30H61NO4/c1-5-8-10-12-14-16-18-20-24-33(41)28-40(29-34(42)25-21-19-17-15-13-11-9-6-2)26-22-23-27-44-39(43)47-36-31-46-37-35(32(4)7-3)30-45-38(36)37;1-4-6-8-10-12-14-16-18-22-29(33)26-31(24-20-21-25-35-28(3)32)27-30(34)23-19-17-15-13-11-9-7-5-2/h32-38,41-42H,5-31H2,1-4H3;29-30,33-34H,4-27H2,1-3H3. The Hall–Kier alpha value is -1.58. The molecule has 4 N–H and O–H groups in total. The number of carbonyl (C=O) groups is 2. The number of nitrogens with zero attached hydrogens (tertiary/aromatic N) is 2. The predicted octanol–water partition coefficient (Wildman–Crippen LogP) is 16.2. The van der Waals surface area contributed by atoms with Crippen molar-refractivity contribution in [2.45, 2.75) is 354 Å². The van der Waals surface area contributed by atoms with Gasteiger partial charge in [0, 0.05) is 39.0 Å². The average Bonchev–Trinajstić information content (AvgIpc) is 4.21. The van der Waals surface area contributed by atoms with Crippen LogP contribution in [0.1, 0.15) is 312 Å². The average molecular weight is 1170 g/mol. The van der Waals surface area contributed by atoms with Crippen LogP contribution < -0.4 is 0 Å². The fourth-order valence-corrected chi connectivity index (χ4v) is 11.9. The van der Waals surface area contributed by atoms with Crippen molar-refractivity contribution < 1.29 is 53.7 Å². The maximum Gasteiger partial charge on any atom is 0.508 e. The molecule has 0 aromatic heterocycles. The summed E-state index contributed by atoms with van der Waals surface area (Å²) in [7, 11) is 0. The quantitative estimate of drug-likeness (QED) is 0.0336. The van der Waals surface area contributed by atoms with Crippen LogP contribution in [-0.2, 0) is 28.5 Å². The summed E-state index contributed by atoms with van der Waals surface area (Å²) in [4.78, 5) is 27.8. The van der Waals surface area contributed by atoms with Crippen LogP contribution in [0.4, 0.5) is 4.79 Å².